The fraction of sp³-hybridized carbons (Fsp3) is 0.650. The van der Waals surface area contributed by atoms with Crippen LogP contribution >= 0.6 is 0 Å². The van der Waals surface area contributed by atoms with Crippen molar-refractivity contribution < 1.29 is 8.63 Å². The van der Waals surface area contributed by atoms with Crippen molar-refractivity contribution in [3.05, 3.63) is 35.9 Å². The maximum absolute atomic E-state index is 12.8. The molecule has 138 valence electrons. The minimum absolute atomic E-state index is 0.00314. The Labute approximate surface area is 156 Å². The summed E-state index contributed by atoms with van der Waals surface area (Å²) in [4.78, 5) is 0. The number of fused-ring (bicyclic) bond motifs is 2. The monoisotopic (exact) mass is 377 g/mol. The van der Waals surface area contributed by atoms with E-state index in [-0.39, 0.29) is 16.9 Å². The van der Waals surface area contributed by atoms with Crippen molar-refractivity contribution >= 4 is 25.5 Å². The van der Waals surface area contributed by atoms with Crippen molar-refractivity contribution in [3.8, 4) is 0 Å². The van der Waals surface area contributed by atoms with Crippen LogP contribution in [0.3, 0.4) is 0 Å². The van der Waals surface area contributed by atoms with Gasteiger partial charge < -0.3 is 4.43 Å². The maximum Gasteiger partial charge on any atom is 0.184 e. The highest BCUT2D eigenvalue weighted by atomic mass is 32.2. The number of rotatable bonds is 6. The third kappa shape index (κ3) is 3.69. The lowest BCUT2D eigenvalue weighted by molar-refractivity contribution is 0.0287. The van der Waals surface area contributed by atoms with Crippen molar-refractivity contribution in [2.75, 3.05) is 5.75 Å². The van der Waals surface area contributed by atoms with E-state index in [0.717, 1.165) is 18.4 Å². The van der Waals surface area contributed by atoms with Crippen LogP contribution in [0.2, 0.25) is 19.6 Å². The molecule has 0 spiro atoms. The Kier molecular flexibility index (Phi) is 5.12. The minimum atomic E-state index is -1.63. The highest BCUT2D eigenvalue weighted by Crippen LogP contribution is 2.67. The molecule has 0 aromatic heterocycles. The molecule has 0 radical (unpaired) electrons. The van der Waals surface area contributed by atoms with Crippen LogP contribution in [-0.4, -0.2) is 30.6 Å². The molecular weight excluding hydrogens is 346 g/mol. The highest BCUT2D eigenvalue weighted by molar-refractivity contribution is 7.83. The Morgan fingerprint density at radius 1 is 1.28 bits per heavy atom. The normalized spacial score (nSPS) is 32.4. The summed E-state index contributed by atoms with van der Waals surface area (Å²) in [7, 11) is -2.84. The molecule has 1 aromatic rings. The second-order valence-electron chi connectivity index (χ2n) is 9.18. The molecule has 2 bridgehead atoms. The lowest BCUT2D eigenvalue weighted by Crippen LogP contribution is -2.47. The van der Waals surface area contributed by atoms with Crippen LogP contribution in [0, 0.1) is 16.7 Å². The van der Waals surface area contributed by atoms with Gasteiger partial charge in [-0.3, -0.25) is 0 Å². The van der Waals surface area contributed by atoms with Gasteiger partial charge in [-0.15, -0.1) is 0 Å². The molecule has 25 heavy (non-hydrogen) atoms. The first-order chi connectivity index (χ1) is 11.6. The van der Waals surface area contributed by atoms with Gasteiger partial charge in [0, 0.05) is 11.6 Å². The Balaban J connectivity index is 1.79. The molecule has 5 heteroatoms. The molecule has 1 aromatic carbocycles. The molecule has 3 nitrogen and oxygen atoms in total. The van der Waals surface area contributed by atoms with E-state index >= 15 is 0 Å². The smallest absolute Gasteiger partial charge is 0.184 e. The standard InChI is InChI=1S/C20H31NO2SSi/c1-19(2)17-11-12-20(19,18(13-17)23-25(3,4)5)15-24(22)21-14-16-9-7-6-8-10-16/h6-10,14,17-18H,11-13,15H2,1-5H3/b21-14+/t17-,18-,20-,24+/m1/s1. The molecule has 2 aliphatic carbocycles. The van der Waals surface area contributed by atoms with Crippen molar-refractivity contribution in [3.63, 3.8) is 0 Å². The topological polar surface area (TPSA) is 38.7 Å². The molecule has 0 aliphatic heterocycles. The molecule has 2 fully saturated rings. The van der Waals surface area contributed by atoms with E-state index < -0.39 is 19.3 Å². The van der Waals surface area contributed by atoms with E-state index in [1.54, 1.807) is 6.21 Å². The fourth-order valence-corrected chi connectivity index (χ4v) is 7.48. The van der Waals surface area contributed by atoms with E-state index in [9.17, 15) is 4.21 Å². The number of benzene rings is 1. The Morgan fingerprint density at radius 2 is 1.96 bits per heavy atom. The Hall–Kier alpha value is -0.783. The van der Waals surface area contributed by atoms with Gasteiger partial charge in [0.2, 0.25) is 0 Å². The van der Waals surface area contributed by atoms with Crippen LogP contribution in [0.25, 0.3) is 0 Å². The van der Waals surface area contributed by atoms with Crippen molar-refractivity contribution in [1.29, 1.82) is 0 Å². The van der Waals surface area contributed by atoms with Crippen molar-refractivity contribution in [2.24, 2.45) is 21.1 Å². The van der Waals surface area contributed by atoms with Gasteiger partial charge in [-0.1, -0.05) is 44.2 Å². The fourth-order valence-electron chi connectivity index (χ4n) is 4.85. The molecule has 0 saturated heterocycles. The SMILES string of the molecule is CC1(C)[C@@H]2CC[C@@]1(C[S@](=O)/N=C/c1ccccc1)[C@H](O[Si](C)(C)C)C2. The van der Waals surface area contributed by atoms with E-state index in [1.165, 1.54) is 6.42 Å². The largest absolute Gasteiger partial charge is 0.414 e. The summed E-state index contributed by atoms with van der Waals surface area (Å²) in [5, 5.41) is 0. The molecule has 0 N–H and O–H groups in total. The van der Waals surface area contributed by atoms with Gasteiger partial charge in [0.05, 0.1) is 11.9 Å². The molecule has 0 heterocycles. The summed E-state index contributed by atoms with van der Waals surface area (Å²) in [6.07, 6.45) is 5.46. The maximum atomic E-state index is 12.8. The van der Waals surface area contributed by atoms with Gasteiger partial charge in [-0.25, -0.2) is 4.21 Å². The van der Waals surface area contributed by atoms with Crippen molar-refractivity contribution in [2.45, 2.75) is 58.9 Å². The first-order valence-electron chi connectivity index (χ1n) is 9.29. The van der Waals surface area contributed by atoms with Crippen LogP contribution < -0.4 is 0 Å². The number of nitrogens with zero attached hydrogens (tertiary/aromatic N) is 1. The first kappa shape index (κ1) is 19.0. The second-order valence-corrected chi connectivity index (χ2v) is 14.8. The third-order valence-corrected chi connectivity index (χ3v) is 8.45. The van der Waals surface area contributed by atoms with Crippen LogP contribution in [0.15, 0.2) is 34.7 Å². The second kappa shape index (κ2) is 6.75. The van der Waals surface area contributed by atoms with Crippen LogP contribution in [-0.2, 0) is 15.4 Å². The molecular formula is C20H31NO2SSi. The average molecular weight is 378 g/mol. The van der Waals surface area contributed by atoms with E-state index in [1.807, 2.05) is 30.3 Å². The summed E-state index contributed by atoms with van der Waals surface area (Å²) in [6.45, 7) is 11.5. The molecule has 2 saturated carbocycles. The minimum Gasteiger partial charge on any atom is -0.414 e. The molecule has 0 unspecified atom stereocenters. The summed E-state index contributed by atoms with van der Waals surface area (Å²) in [5.41, 5.74) is 1.17. The van der Waals surface area contributed by atoms with Crippen LogP contribution in [0.4, 0.5) is 0 Å². The lowest BCUT2D eigenvalue weighted by atomic mass is 9.70. The lowest BCUT2D eigenvalue weighted by Gasteiger charge is -2.43. The summed E-state index contributed by atoms with van der Waals surface area (Å²) >= 11 is 0. The predicted octanol–water partition coefficient (Wildman–Crippen LogP) is 4.82. The van der Waals surface area contributed by atoms with Gasteiger partial charge in [0.15, 0.2) is 8.32 Å². The Bertz CT molecular complexity index is 668. The zero-order valence-corrected chi connectivity index (χ0v) is 17.9. The van der Waals surface area contributed by atoms with Gasteiger partial charge >= 0.3 is 0 Å². The predicted molar refractivity (Wildman–Crippen MR) is 109 cm³/mol. The van der Waals surface area contributed by atoms with Crippen LogP contribution in [0.1, 0.15) is 38.7 Å². The molecule has 4 atom stereocenters. The van der Waals surface area contributed by atoms with Crippen LogP contribution in [0.5, 0.6) is 0 Å². The third-order valence-electron chi connectivity index (χ3n) is 6.35. The highest BCUT2D eigenvalue weighted by Gasteiger charge is 2.65. The van der Waals surface area contributed by atoms with Gasteiger partial charge in [0.25, 0.3) is 0 Å². The summed E-state index contributed by atoms with van der Waals surface area (Å²) in [6, 6.07) is 9.90. The summed E-state index contributed by atoms with van der Waals surface area (Å²) in [5.74, 6) is 1.30. The van der Waals surface area contributed by atoms with Gasteiger partial charge in [-0.2, -0.15) is 4.40 Å². The average Bonchev–Trinajstić information content (AvgIpc) is 2.87. The number of hydrogen-bond acceptors (Lipinski definition) is 2. The van der Waals surface area contributed by atoms with E-state index in [4.69, 9.17) is 4.43 Å². The molecule has 2 aliphatic rings. The van der Waals surface area contributed by atoms with Gasteiger partial charge in [0.1, 0.15) is 11.0 Å². The molecule has 0 amide bonds. The van der Waals surface area contributed by atoms with Gasteiger partial charge in [-0.05, 0) is 55.8 Å². The van der Waals surface area contributed by atoms with E-state index in [0.29, 0.717) is 11.7 Å². The first-order valence-corrected chi connectivity index (χ1v) is 14.0. The number of hydrogen-bond donors (Lipinski definition) is 0. The zero-order chi connectivity index (χ0) is 18.3. The van der Waals surface area contributed by atoms with E-state index in [2.05, 4.69) is 37.9 Å². The quantitative estimate of drug-likeness (QED) is 0.527. The summed E-state index contributed by atoms with van der Waals surface area (Å²) < 4.78 is 23.8. The van der Waals surface area contributed by atoms with Crippen molar-refractivity contribution in [1.82, 2.24) is 0 Å². The zero-order valence-electron chi connectivity index (χ0n) is 16.1. The Morgan fingerprint density at radius 3 is 2.56 bits per heavy atom. The molecule has 3 rings (SSSR count).